The third-order valence-corrected chi connectivity index (χ3v) is 5.56. The van der Waals surface area contributed by atoms with Crippen LogP contribution in [0.15, 0.2) is 0 Å². The number of nitrogens with one attached hydrogen (secondary N) is 2. The number of hydrogen-bond acceptors (Lipinski definition) is 3. The molecule has 3 nitrogen and oxygen atoms in total. The second kappa shape index (κ2) is 9.05. The van der Waals surface area contributed by atoms with E-state index in [1.807, 2.05) is 11.8 Å². The maximum atomic E-state index is 12.0. The highest BCUT2D eigenvalue weighted by Gasteiger charge is 2.27. The molecule has 0 aliphatic carbocycles. The highest BCUT2D eigenvalue weighted by molar-refractivity contribution is 8.00. The summed E-state index contributed by atoms with van der Waals surface area (Å²) in [7, 11) is 0. The molecule has 1 fully saturated rings. The molecule has 0 aromatic carbocycles. The van der Waals surface area contributed by atoms with Gasteiger partial charge in [-0.1, -0.05) is 13.8 Å². The number of halogens is 1. The maximum absolute atomic E-state index is 12.0. The molecule has 0 aromatic rings. The first kappa shape index (κ1) is 18.1. The standard InChI is InChI=1S/C13H26N2OS.ClH/c1-4-13(5-2,17-3)10-15-12(16)11-7-6-8-14-9-11;/h11,14H,4-10H2,1-3H3,(H,15,16);1H. The van der Waals surface area contributed by atoms with Gasteiger partial charge in [0.2, 0.25) is 5.91 Å². The molecule has 108 valence electrons. The highest BCUT2D eigenvalue weighted by Crippen LogP contribution is 2.29. The zero-order valence-corrected chi connectivity index (χ0v) is 13.4. The second-order valence-corrected chi connectivity index (χ2v) is 6.13. The molecular weight excluding hydrogens is 268 g/mol. The monoisotopic (exact) mass is 294 g/mol. The van der Waals surface area contributed by atoms with E-state index < -0.39 is 0 Å². The molecule has 2 N–H and O–H groups in total. The van der Waals surface area contributed by atoms with Crippen molar-refractivity contribution in [1.82, 2.24) is 10.6 Å². The molecule has 18 heavy (non-hydrogen) atoms. The Morgan fingerprint density at radius 2 is 2.11 bits per heavy atom. The molecule has 0 aromatic heterocycles. The summed E-state index contributed by atoms with van der Waals surface area (Å²) in [4.78, 5) is 12.0. The van der Waals surface area contributed by atoms with Crippen LogP contribution in [0, 0.1) is 5.92 Å². The smallest absolute Gasteiger partial charge is 0.224 e. The molecule has 1 atom stereocenters. The van der Waals surface area contributed by atoms with Crippen LogP contribution in [0.25, 0.3) is 0 Å². The van der Waals surface area contributed by atoms with Crippen molar-refractivity contribution in [2.45, 2.75) is 44.3 Å². The average molecular weight is 295 g/mol. The number of hydrogen-bond donors (Lipinski definition) is 2. The van der Waals surface area contributed by atoms with E-state index in [1.54, 1.807) is 0 Å². The first-order chi connectivity index (χ1) is 8.17. The Balaban J connectivity index is 0.00000289. The number of thioether (sulfide) groups is 1. The molecule has 1 saturated heterocycles. The third-order valence-electron chi connectivity index (χ3n) is 3.97. The Morgan fingerprint density at radius 3 is 2.56 bits per heavy atom. The van der Waals surface area contributed by atoms with Crippen LogP contribution in [0.4, 0.5) is 0 Å². The summed E-state index contributed by atoms with van der Waals surface area (Å²) in [6.45, 7) is 7.11. The Hall–Kier alpha value is 0.0700. The van der Waals surface area contributed by atoms with E-state index in [0.717, 1.165) is 45.3 Å². The Morgan fingerprint density at radius 1 is 1.44 bits per heavy atom. The maximum Gasteiger partial charge on any atom is 0.224 e. The molecule has 0 spiro atoms. The lowest BCUT2D eigenvalue weighted by Gasteiger charge is -2.31. The van der Waals surface area contributed by atoms with Gasteiger partial charge < -0.3 is 10.6 Å². The van der Waals surface area contributed by atoms with Crippen LogP contribution >= 0.6 is 24.2 Å². The molecule has 1 rings (SSSR count). The zero-order chi connectivity index (χ0) is 12.7. The van der Waals surface area contributed by atoms with E-state index in [9.17, 15) is 4.79 Å². The predicted octanol–water partition coefficient (Wildman–Crippen LogP) is 2.45. The van der Waals surface area contributed by atoms with E-state index in [1.165, 1.54) is 0 Å². The zero-order valence-electron chi connectivity index (χ0n) is 11.8. The lowest BCUT2D eigenvalue weighted by atomic mass is 9.97. The first-order valence-corrected chi connectivity index (χ1v) is 7.93. The molecule has 1 aliphatic rings. The molecule has 1 amide bonds. The summed E-state index contributed by atoms with van der Waals surface area (Å²) in [6, 6.07) is 0. The molecule has 0 bridgehead atoms. The molecular formula is C13H27ClN2OS. The number of rotatable bonds is 6. The lowest BCUT2D eigenvalue weighted by Crippen LogP contribution is -2.45. The van der Waals surface area contributed by atoms with Gasteiger partial charge in [-0.05, 0) is 38.5 Å². The molecule has 0 saturated carbocycles. The van der Waals surface area contributed by atoms with Gasteiger partial charge in [0.15, 0.2) is 0 Å². The van der Waals surface area contributed by atoms with Crippen LogP contribution in [0.5, 0.6) is 0 Å². The number of amides is 1. The van der Waals surface area contributed by atoms with Crippen molar-refractivity contribution in [3.05, 3.63) is 0 Å². The number of carbonyl (C=O) groups excluding carboxylic acids is 1. The molecule has 1 heterocycles. The summed E-state index contributed by atoms with van der Waals surface area (Å²) in [5, 5.41) is 6.44. The summed E-state index contributed by atoms with van der Waals surface area (Å²) < 4.78 is 0.220. The summed E-state index contributed by atoms with van der Waals surface area (Å²) in [5.41, 5.74) is 0. The fraction of sp³-hybridized carbons (Fsp3) is 0.923. The highest BCUT2D eigenvalue weighted by atomic mass is 35.5. The third kappa shape index (κ3) is 4.98. The van der Waals surface area contributed by atoms with Crippen LogP contribution in [0.2, 0.25) is 0 Å². The summed E-state index contributed by atoms with van der Waals surface area (Å²) in [6.07, 6.45) is 6.50. The second-order valence-electron chi connectivity index (χ2n) is 4.86. The minimum absolute atomic E-state index is 0. The van der Waals surface area contributed by atoms with Gasteiger partial charge in [-0.25, -0.2) is 0 Å². The van der Waals surface area contributed by atoms with Crippen LogP contribution in [-0.4, -0.2) is 36.5 Å². The molecule has 1 aliphatic heterocycles. The Kier molecular flexibility index (Phi) is 9.09. The van der Waals surface area contributed by atoms with Gasteiger partial charge in [-0.15, -0.1) is 12.4 Å². The molecule has 1 unspecified atom stereocenters. The quantitative estimate of drug-likeness (QED) is 0.791. The Labute approximate surface area is 122 Å². The first-order valence-electron chi connectivity index (χ1n) is 6.71. The average Bonchev–Trinajstić information content (AvgIpc) is 2.41. The van der Waals surface area contributed by atoms with Gasteiger partial charge in [-0.3, -0.25) is 4.79 Å². The van der Waals surface area contributed by atoms with E-state index in [4.69, 9.17) is 0 Å². The van der Waals surface area contributed by atoms with Gasteiger partial charge in [-0.2, -0.15) is 11.8 Å². The van der Waals surface area contributed by atoms with Gasteiger partial charge in [0.1, 0.15) is 0 Å². The minimum atomic E-state index is 0. The fourth-order valence-electron chi connectivity index (χ4n) is 2.33. The van der Waals surface area contributed by atoms with Gasteiger partial charge in [0, 0.05) is 17.8 Å². The van der Waals surface area contributed by atoms with Crippen molar-refractivity contribution < 1.29 is 4.79 Å². The van der Waals surface area contributed by atoms with Gasteiger partial charge in [0.05, 0.1) is 5.92 Å². The van der Waals surface area contributed by atoms with Crippen molar-refractivity contribution in [3.63, 3.8) is 0 Å². The predicted molar refractivity (Wildman–Crippen MR) is 82.7 cm³/mol. The van der Waals surface area contributed by atoms with Crippen LogP contribution < -0.4 is 10.6 Å². The minimum Gasteiger partial charge on any atom is -0.354 e. The van der Waals surface area contributed by atoms with Gasteiger partial charge in [0.25, 0.3) is 0 Å². The number of piperidine rings is 1. The number of carbonyl (C=O) groups is 1. The van der Waals surface area contributed by atoms with Gasteiger partial charge >= 0.3 is 0 Å². The topological polar surface area (TPSA) is 41.1 Å². The SMILES string of the molecule is CCC(CC)(CNC(=O)C1CCCNC1)SC.Cl. The summed E-state index contributed by atoms with van der Waals surface area (Å²) >= 11 is 1.88. The van der Waals surface area contributed by atoms with Crippen molar-refractivity contribution in [3.8, 4) is 0 Å². The normalized spacial score (nSPS) is 20.1. The van der Waals surface area contributed by atoms with Crippen molar-refractivity contribution in [1.29, 1.82) is 0 Å². The molecule has 5 heteroatoms. The fourth-order valence-corrected chi connectivity index (χ4v) is 3.12. The van der Waals surface area contributed by atoms with E-state index >= 15 is 0 Å². The van der Waals surface area contributed by atoms with Crippen molar-refractivity contribution >= 4 is 30.1 Å². The van der Waals surface area contributed by atoms with Crippen LogP contribution in [-0.2, 0) is 4.79 Å². The Bertz CT molecular complexity index is 233. The van der Waals surface area contributed by atoms with E-state index in [-0.39, 0.29) is 29.0 Å². The van der Waals surface area contributed by atoms with Crippen LogP contribution in [0.3, 0.4) is 0 Å². The van der Waals surface area contributed by atoms with Crippen LogP contribution in [0.1, 0.15) is 39.5 Å². The van der Waals surface area contributed by atoms with E-state index in [0.29, 0.717) is 0 Å². The molecule has 0 radical (unpaired) electrons. The summed E-state index contributed by atoms with van der Waals surface area (Å²) in [5.74, 6) is 0.412. The largest absolute Gasteiger partial charge is 0.354 e. The van der Waals surface area contributed by atoms with E-state index in [2.05, 4.69) is 30.7 Å². The van der Waals surface area contributed by atoms with Crippen molar-refractivity contribution in [2.75, 3.05) is 25.9 Å². The van der Waals surface area contributed by atoms with Crippen molar-refractivity contribution in [2.24, 2.45) is 5.92 Å². The lowest BCUT2D eigenvalue weighted by molar-refractivity contribution is -0.125.